The smallest absolute Gasteiger partial charge is 0.195 e. The van der Waals surface area contributed by atoms with Crippen LogP contribution < -0.4 is 4.74 Å². The van der Waals surface area contributed by atoms with Crippen LogP contribution in [0, 0.1) is 20.8 Å². The first kappa shape index (κ1) is 22.5. The van der Waals surface area contributed by atoms with E-state index in [4.69, 9.17) is 4.74 Å². The highest BCUT2D eigenvalue weighted by atomic mass is 32.2. The number of aryl methyl sites for hydroxylation is 3. The first-order valence-electron chi connectivity index (χ1n) is 10.6. The third kappa shape index (κ3) is 5.96. The Balaban J connectivity index is 1.44. The largest absolute Gasteiger partial charge is 0.493 e. The van der Waals surface area contributed by atoms with Gasteiger partial charge in [-0.05, 0) is 68.3 Å². The Labute approximate surface area is 198 Å². The van der Waals surface area contributed by atoms with Gasteiger partial charge in [0.2, 0.25) is 0 Å². The molecule has 0 radical (unpaired) electrons. The molecule has 0 unspecified atom stereocenters. The number of aromatic nitrogens is 3. The Hall–Kier alpha value is -2.70. The number of hydrogen-bond acceptors (Lipinski definition) is 5. The van der Waals surface area contributed by atoms with Crippen molar-refractivity contribution in [1.82, 2.24) is 14.8 Å². The maximum absolute atomic E-state index is 5.97. The molecule has 6 heteroatoms. The van der Waals surface area contributed by atoms with E-state index in [0.29, 0.717) is 6.61 Å². The van der Waals surface area contributed by atoms with Crippen LogP contribution in [0.3, 0.4) is 0 Å². The molecule has 0 aliphatic carbocycles. The Morgan fingerprint density at radius 3 is 2.22 bits per heavy atom. The van der Waals surface area contributed by atoms with Gasteiger partial charge in [-0.3, -0.25) is 4.57 Å². The number of benzene rings is 3. The Morgan fingerprint density at radius 2 is 1.50 bits per heavy atom. The van der Waals surface area contributed by atoms with Gasteiger partial charge in [0.25, 0.3) is 0 Å². The Bertz CT molecular complexity index is 1140. The minimum absolute atomic E-state index is 0.614. The van der Waals surface area contributed by atoms with Crippen LogP contribution in [0.4, 0.5) is 0 Å². The third-order valence-corrected chi connectivity index (χ3v) is 6.78. The van der Waals surface area contributed by atoms with Crippen molar-refractivity contribution in [2.75, 3.05) is 12.4 Å². The molecule has 0 bridgehead atoms. The fraction of sp³-hybridized carbons (Fsp3) is 0.231. The standard InChI is InChI=1S/C26H27N3OS2/c1-19-9-11-24(12-10-19)32-18-25-27-28-26(29(25)22-7-5-4-6-8-22)31-14-13-30-23-16-20(2)15-21(3)17-23/h4-12,15-17H,13-14,18H2,1-3H3. The zero-order valence-electron chi connectivity index (χ0n) is 18.6. The fourth-order valence-electron chi connectivity index (χ4n) is 3.41. The van der Waals surface area contributed by atoms with E-state index in [1.807, 2.05) is 18.2 Å². The van der Waals surface area contributed by atoms with Crippen LogP contribution in [-0.2, 0) is 5.75 Å². The molecule has 0 fully saturated rings. The lowest BCUT2D eigenvalue weighted by atomic mass is 10.1. The van der Waals surface area contributed by atoms with E-state index in [9.17, 15) is 0 Å². The van der Waals surface area contributed by atoms with Gasteiger partial charge < -0.3 is 4.74 Å². The van der Waals surface area contributed by atoms with Crippen LogP contribution >= 0.6 is 23.5 Å². The topological polar surface area (TPSA) is 39.9 Å². The summed E-state index contributed by atoms with van der Waals surface area (Å²) in [5, 5.41) is 9.90. The van der Waals surface area contributed by atoms with E-state index in [-0.39, 0.29) is 0 Å². The van der Waals surface area contributed by atoms with Crippen molar-refractivity contribution in [2.45, 2.75) is 36.6 Å². The Morgan fingerprint density at radius 1 is 0.781 bits per heavy atom. The lowest BCUT2D eigenvalue weighted by molar-refractivity contribution is 0.343. The first-order valence-corrected chi connectivity index (χ1v) is 12.6. The van der Waals surface area contributed by atoms with Crippen molar-refractivity contribution in [2.24, 2.45) is 0 Å². The van der Waals surface area contributed by atoms with Crippen molar-refractivity contribution in [3.05, 3.63) is 95.3 Å². The summed E-state index contributed by atoms with van der Waals surface area (Å²) in [6, 6.07) is 25.2. The van der Waals surface area contributed by atoms with Gasteiger partial charge in [-0.2, -0.15) is 0 Å². The van der Waals surface area contributed by atoms with Crippen molar-refractivity contribution >= 4 is 23.5 Å². The second kappa shape index (κ2) is 10.7. The van der Waals surface area contributed by atoms with Crippen LogP contribution in [0.15, 0.2) is 82.8 Å². The summed E-state index contributed by atoms with van der Waals surface area (Å²) < 4.78 is 8.13. The molecule has 4 nitrogen and oxygen atoms in total. The van der Waals surface area contributed by atoms with Gasteiger partial charge in [0.1, 0.15) is 11.6 Å². The number of thioether (sulfide) groups is 2. The molecule has 0 N–H and O–H groups in total. The molecule has 0 spiro atoms. The van der Waals surface area contributed by atoms with Gasteiger partial charge in [-0.25, -0.2) is 0 Å². The summed E-state index contributed by atoms with van der Waals surface area (Å²) in [6.07, 6.45) is 0. The number of para-hydroxylation sites is 1. The molecule has 0 saturated carbocycles. The molecule has 0 atom stereocenters. The molecule has 0 amide bonds. The van der Waals surface area contributed by atoms with Gasteiger partial charge in [0.05, 0.1) is 12.4 Å². The molecule has 0 aliphatic rings. The highest BCUT2D eigenvalue weighted by molar-refractivity contribution is 7.99. The van der Waals surface area contributed by atoms with Gasteiger partial charge in [-0.1, -0.05) is 53.7 Å². The molecule has 1 aromatic heterocycles. The maximum atomic E-state index is 5.97. The summed E-state index contributed by atoms with van der Waals surface area (Å²) in [5.41, 5.74) is 4.78. The third-order valence-electron chi connectivity index (χ3n) is 4.88. The lowest BCUT2D eigenvalue weighted by Gasteiger charge is -2.11. The zero-order valence-corrected chi connectivity index (χ0v) is 20.2. The highest BCUT2D eigenvalue weighted by Gasteiger charge is 2.15. The van der Waals surface area contributed by atoms with E-state index >= 15 is 0 Å². The molecule has 0 aliphatic heterocycles. The van der Waals surface area contributed by atoms with Crippen LogP contribution in [0.25, 0.3) is 5.69 Å². The van der Waals surface area contributed by atoms with Gasteiger partial charge >= 0.3 is 0 Å². The second-order valence-corrected chi connectivity index (χ2v) is 9.80. The van der Waals surface area contributed by atoms with E-state index in [1.54, 1.807) is 23.5 Å². The predicted octanol–water partition coefficient (Wildman–Crippen LogP) is 6.66. The predicted molar refractivity (Wildman–Crippen MR) is 134 cm³/mol. The number of hydrogen-bond donors (Lipinski definition) is 0. The number of rotatable bonds is 9. The monoisotopic (exact) mass is 461 g/mol. The number of ether oxygens (including phenoxy) is 1. The van der Waals surface area contributed by atoms with Crippen molar-refractivity contribution in [3.63, 3.8) is 0 Å². The summed E-state index contributed by atoms with van der Waals surface area (Å²) in [7, 11) is 0. The molecule has 164 valence electrons. The second-order valence-electron chi connectivity index (χ2n) is 7.69. The summed E-state index contributed by atoms with van der Waals surface area (Å²) >= 11 is 3.44. The first-order chi connectivity index (χ1) is 15.6. The van der Waals surface area contributed by atoms with Crippen LogP contribution in [-0.4, -0.2) is 27.1 Å². The van der Waals surface area contributed by atoms with E-state index < -0.39 is 0 Å². The van der Waals surface area contributed by atoms with E-state index in [0.717, 1.165) is 33.9 Å². The van der Waals surface area contributed by atoms with E-state index in [1.165, 1.54) is 21.6 Å². The van der Waals surface area contributed by atoms with E-state index in [2.05, 4.69) is 90.1 Å². The highest BCUT2D eigenvalue weighted by Crippen LogP contribution is 2.27. The van der Waals surface area contributed by atoms with Gasteiger partial charge in [-0.15, -0.1) is 22.0 Å². The van der Waals surface area contributed by atoms with Crippen molar-refractivity contribution in [3.8, 4) is 11.4 Å². The quantitative estimate of drug-likeness (QED) is 0.206. The molecule has 4 aromatic rings. The summed E-state index contributed by atoms with van der Waals surface area (Å²) in [6.45, 7) is 6.90. The lowest BCUT2D eigenvalue weighted by Crippen LogP contribution is -2.04. The van der Waals surface area contributed by atoms with Crippen LogP contribution in [0.2, 0.25) is 0 Å². The fourth-order valence-corrected chi connectivity index (χ4v) is 5.01. The van der Waals surface area contributed by atoms with Crippen molar-refractivity contribution < 1.29 is 4.74 Å². The SMILES string of the molecule is Cc1ccc(SCc2nnc(SCCOc3cc(C)cc(C)c3)n2-c2ccccc2)cc1. The molecular weight excluding hydrogens is 434 g/mol. The molecule has 32 heavy (non-hydrogen) atoms. The summed E-state index contributed by atoms with van der Waals surface area (Å²) in [5.74, 6) is 3.41. The molecule has 3 aromatic carbocycles. The summed E-state index contributed by atoms with van der Waals surface area (Å²) in [4.78, 5) is 1.23. The van der Waals surface area contributed by atoms with Gasteiger partial charge in [0.15, 0.2) is 5.16 Å². The van der Waals surface area contributed by atoms with Crippen LogP contribution in [0.1, 0.15) is 22.5 Å². The average molecular weight is 462 g/mol. The van der Waals surface area contributed by atoms with Crippen molar-refractivity contribution in [1.29, 1.82) is 0 Å². The normalized spacial score (nSPS) is 11.0. The minimum Gasteiger partial charge on any atom is -0.493 e. The molecule has 0 saturated heterocycles. The van der Waals surface area contributed by atoms with Gasteiger partial charge in [0, 0.05) is 16.3 Å². The molecule has 1 heterocycles. The number of nitrogens with zero attached hydrogens (tertiary/aromatic N) is 3. The minimum atomic E-state index is 0.614. The van der Waals surface area contributed by atoms with Crippen LogP contribution in [0.5, 0.6) is 5.75 Å². The maximum Gasteiger partial charge on any atom is 0.195 e. The average Bonchev–Trinajstić information content (AvgIpc) is 3.19. The molecular formula is C26H27N3OS2. The molecule has 4 rings (SSSR count). The zero-order chi connectivity index (χ0) is 22.3. The Kier molecular flexibility index (Phi) is 7.55.